The molecule has 0 aliphatic heterocycles. The van der Waals surface area contributed by atoms with Crippen LogP contribution in [0.4, 0.5) is 0 Å². The average Bonchev–Trinajstić information content (AvgIpc) is 2.73. The van der Waals surface area contributed by atoms with Gasteiger partial charge >= 0.3 is 0 Å². The Kier molecular flexibility index (Phi) is 6.18. The van der Waals surface area contributed by atoms with Crippen molar-refractivity contribution in [2.75, 3.05) is 33.4 Å². The van der Waals surface area contributed by atoms with Crippen molar-refractivity contribution in [2.24, 2.45) is 5.73 Å². The molecule has 0 bridgehead atoms. The topological polar surface area (TPSA) is 56.3 Å². The van der Waals surface area contributed by atoms with Gasteiger partial charge in [0.2, 0.25) is 0 Å². The van der Waals surface area contributed by atoms with Crippen molar-refractivity contribution in [1.82, 2.24) is 14.7 Å². The van der Waals surface area contributed by atoms with E-state index in [0.717, 1.165) is 25.4 Å². The largest absolute Gasteiger partial charge is 0.379 e. The molecule has 0 spiro atoms. The molecule has 1 aromatic heterocycles. The van der Waals surface area contributed by atoms with Gasteiger partial charge in [-0.25, -0.2) is 0 Å². The molecule has 0 saturated carbocycles. The zero-order valence-electron chi connectivity index (χ0n) is 11.1. The molecule has 0 amide bonds. The lowest BCUT2D eigenvalue weighted by Crippen LogP contribution is -2.24. The minimum atomic E-state index is 0.418. The quantitative estimate of drug-likeness (QED) is 0.685. The first-order valence-corrected chi connectivity index (χ1v) is 6.14. The number of nitrogens with two attached hydrogens (primary N) is 1. The zero-order valence-corrected chi connectivity index (χ0v) is 11.1. The van der Waals surface area contributed by atoms with Crippen LogP contribution in [0.5, 0.6) is 0 Å². The van der Waals surface area contributed by atoms with Crippen molar-refractivity contribution >= 4 is 0 Å². The predicted molar refractivity (Wildman–Crippen MR) is 68.8 cm³/mol. The third-order valence-corrected chi connectivity index (χ3v) is 2.50. The summed E-state index contributed by atoms with van der Waals surface area (Å²) in [5, 5.41) is 4.51. The Labute approximate surface area is 104 Å². The van der Waals surface area contributed by atoms with E-state index in [0.29, 0.717) is 19.2 Å². The van der Waals surface area contributed by atoms with Crippen LogP contribution in [0, 0.1) is 0 Å². The van der Waals surface area contributed by atoms with Gasteiger partial charge in [0.05, 0.1) is 18.9 Å². The van der Waals surface area contributed by atoms with E-state index in [9.17, 15) is 0 Å². The number of aromatic nitrogens is 2. The minimum Gasteiger partial charge on any atom is -0.379 e. The Bertz CT molecular complexity index is 311. The summed E-state index contributed by atoms with van der Waals surface area (Å²) in [6.07, 6.45) is 2.03. The first-order chi connectivity index (χ1) is 8.13. The van der Waals surface area contributed by atoms with Gasteiger partial charge in [-0.1, -0.05) is 0 Å². The average molecular weight is 240 g/mol. The molecule has 0 aromatic carbocycles. The van der Waals surface area contributed by atoms with Gasteiger partial charge in [0, 0.05) is 31.9 Å². The van der Waals surface area contributed by atoms with Gasteiger partial charge in [-0.3, -0.25) is 9.58 Å². The molecule has 1 heterocycles. The van der Waals surface area contributed by atoms with Crippen LogP contribution in [0.3, 0.4) is 0 Å². The van der Waals surface area contributed by atoms with E-state index in [1.54, 1.807) is 0 Å². The molecule has 0 radical (unpaired) electrons. The standard InChI is InChI=1S/C12H24N4O/c1-11(2)16-6-4-12(14-16)10-15(3)7-9-17-8-5-13/h4,6,11H,5,7-10,13H2,1-3H3. The molecule has 2 N–H and O–H groups in total. The number of ether oxygens (including phenoxy) is 1. The summed E-state index contributed by atoms with van der Waals surface area (Å²) in [5.74, 6) is 0. The molecule has 1 aromatic rings. The number of rotatable bonds is 8. The lowest BCUT2D eigenvalue weighted by Gasteiger charge is -2.15. The third kappa shape index (κ3) is 5.30. The van der Waals surface area contributed by atoms with Crippen LogP contribution < -0.4 is 5.73 Å². The number of nitrogens with zero attached hydrogens (tertiary/aromatic N) is 3. The maximum absolute atomic E-state index is 5.35. The van der Waals surface area contributed by atoms with Crippen molar-refractivity contribution in [1.29, 1.82) is 0 Å². The maximum atomic E-state index is 5.35. The van der Waals surface area contributed by atoms with Crippen LogP contribution in [-0.4, -0.2) is 48.0 Å². The molecule has 17 heavy (non-hydrogen) atoms. The molecule has 0 unspecified atom stereocenters. The van der Waals surface area contributed by atoms with E-state index in [4.69, 9.17) is 10.5 Å². The van der Waals surface area contributed by atoms with Gasteiger partial charge in [0.1, 0.15) is 0 Å². The molecule has 98 valence electrons. The molecule has 0 saturated heterocycles. The summed E-state index contributed by atoms with van der Waals surface area (Å²) >= 11 is 0. The van der Waals surface area contributed by atoms with Gasteiger partial charge in [-0.2, -0.15) is 5.10 Å². The molecular formula is C12H24N4O. The Morgan fingerprint density at radius 2 is 2.24 bits per heavy atom. The van der Waals surface area contributed by atoms with Gasteiger partial charge in [0.15, 0.2) is 0 Å². The fourth-order valence-electron chi connectivity index (χ4n) is 1.51. The van der Waals surface area contributed by atoms with E-state index in [1.807, 2.05) is 10.9 Å². The Hall–Kier alpha value is -0.910. The second-order valence-corrected chi connectivity index (χ2v) is 4.52. The van der Waals surface area contributed by atoms with Crippen LogP contribution in [0.1, 0.15) is 25.6 Å². The first kappa shape index (κ1) is 14.2. The van der Waals surface area contributed by atoms with Gasteiger partial charge in [0.25, 0.3) is 0 Å². The van der Waals surface area contributed by atoms with Crippen LogP contribution in [0.15, 0.2) is 12.3 Å². The van der Waals surface area contributed by atoms with Gasteiger partial charge < -0.3 is 10.5 Å². The maximum Gasteiger partial charge on any atom is 0.0764 e. The molecule has 0 atom stereocenters. The Morgan fingerprint density at radius 1 is 1.47 bits per heavy atom. The highest BCUT2D eigenvalue weighted by Gasteiger charge is 2.05. The van der Waals surface area contributed by atoms with E-state index in [1.165, 1.54) is 0 Å². The molecule has 0 aliphatic rings. The molecule has 5 heteroatoms. The number of hydrogen-bond acceptors (Lipinski definition) is 4. The molecule has 0 aliphatic carbocycles. The van der Waals surface area contributed by atoms with Crippen LogP contribution >= 0.6 is 0 Å². The molecule has 1 rings (SSSR count). The van der Waals surface area contributed by atoms with E-state index in [-0.39, 0.29) is 0 Å². The first-order valence-electron chi connectivity index (χ1n) is 6.14. The smallest absolute Gasteiger partial charge is 0.0764 e. The van der Waals surface area contributed by atoms with Crippen molar-refractivity contribution in [3.05, 3.63) is 18.0 Å². The summed E-state index contributed by atoms with van der Waals surface area (Å²) in [6.45, 7) is 7.94. The zero-order chi connectivity index (χ0) is 12.7. The van der Waals surface area contributed by atoms with Crippen LogP contribution in [-0.2, 0) is 11.3 Å². The number of likely N-dealkylation sites (N-methyl/N-ethyl adjacent to an activating group) is 1. The van der Waals surface area contributed by atoms with E-state index in [2.05, 4.69) is 37.0 Å². The van der Waals surface area contributed by atoms with Crippen molar-refractivity contribution in [3.8, 4) is 0 Å². The fourth-order valence-corrected chi connectivity index (χ4v) is 1.51. The van der Waals surface area contributed by atoms with E-state index < -0.39 is 0 Å². The monoisotopic (exact) mass is 240 g/mol. The SMILES string of the molecule is CC(C)n1ccc(CN(C)CCOCCN)n1. The number of hydrogen-bond donors (Lipinski definition) is 1. The summed E-state index contributed by atoms with van der Waals surface area (Å²) in [4.78, 5) is 2.20. The normalized spacial score (nSPS) is 11.6. The second-order valence-electron chi connectivity index (χ2n) is 4.52. The predicted octanol–water partition coefficient (Wildman–Crippen LogP) is 0.871. The van der Waals surface area contributed by atoms with Crippen molar-refractivity contribution in [2.45, 2.75) is 26.4 Å². The van der Waals surface area contributed by atoms with Gasteiger partial charge in [-0.15, -0.1) is 0 Å². The lowest BCUT2D eigenvalue weighted by atomic mass is 10.4. The Balaban J connectivity index is 2.27. The summed E-state index contributed by atoms with van der Waals surface area (Å²) < 4.78 is 7.32. The molecule has 0 fully saturated rings. The van der Waals surface area contributed by atoms with E-state index >= 15 is 0 Å². The summed E-state index contributed by atoms with van der Waals surface area (Å²) in [7, 11) is 2.07. The van der Waals surface area contributed by atoms with Crippen molar-refractivity contribution < 1.29 is 4.74 Å². The molecule has 5 nitrogen and oxygen atoms in total. The highest BCUT2D eigenvalue weighted by Crippen LogP contribution is 2.05. The summed E-state index contributed by atoms with van der Waals surface area (Å²) in [5.41, 5.74) is 6.45. The van der Waals surface area contributed by atoms with Crippen LogP contribution in [0.25, 0.3) is 0 Å². The highest BCUT2D eigenvalue weighted by atomic mass is 16.5. The summed E-state index contributed by atoms with van der Waals surface area (Å²) in [6, 6.07) is 2.49. The molecular weight excluding hydrogens is 216 g/mol. The van der Waals surface area contributed by atoms with Crippen molar-refractivity contribution in [3.63, 3.8) is 0 Å². The fraction of sp³-hybridized carbons (Fsp3) is 0.750. The highest BCUT2D eigenvalue weighted by molar-refractivity contribution is 4.99. The van der Waals surface area contributed by atoms with Crippen LogP contribution in [0.2, 0.25) is 0 Å². The third-order valence-electron chi connectivity index (χ3n) is 2.50. The minimum absolute atomic E-state index is 0.418. The lowest BCUT2D eigenvalue weighted by molar-refractivity contribution is 0.115. The van der Waals surface area contributed by atoms with Gasteiger partial charge in [-0.05, 0) is 27.0 Å². The second kappa shape index (κ2) is 7.42. The Morgan fingerprint density at radius 3 is 2.82 bits per heavy atom.